The number of ether oxygens (including phenoxy) is 2. The number of benzene rings is 3. The molecular formula is C23H21NO3. The zero-order valence-electron chi connectivity index (χ0n) is 15.3. The molecule has 3 rings (SSSR count). The molecule has 4 nitrogen and oxygen atoms in total. The van der Waals surface area contributed by atoms with E-state index in [1.165, 1.54) is 0 Å². The second-order valence-corrected chi connectivity index (χ2v) is 5.98. The van der Waals surface area contributed by atoms with E-state index < -0.39 is 0 Å². The van der Waals surface area contributed by atoms with Gasteiger partial charge in [-0.2, -0.15) is 0 Å². The smallest absolute Gasteiger partial charge is 0.187 e. The van der Waals surface area contributed by atoms with Crippen molar-refractivity contribution in [2.24, 2.45) is 0 Å². The minimum atomic E-state index is -0.0277. The maximum Gasteiger partial charge on any atom is 0.187 e. The Hall–Kier alpha value is -3.53. The highest BCUT2D eigenvalue weighted by Gasteiger charge is 2.03. The van der Waals surface area contributed by atoms with Gasteiger partial charge in [0.2, 0.25) is 0 Å². The molecule has 0 saturated heterocycles. The third kappa shape index (κ3) is 5.22. The van der Waals surface area contributed by atoms with Crippen LogP contribution in [0, 0.1) is 0 Å². The first-order chi connectivity index (χ1) is 13.1. The van der Waals surface area contributed by atoms with Crippen LogP contribution in [-0.2, 0) is 0 Å². The molecule has 0 saturated carbocycles. The largest absolute Gasteiger partial charge is 0.497 e. The SMILES string of the molecule is COc1ccc(Oc2ccc(N/C(C)=C/C(=O)c3ccccc3)cc2)cc1. The molecule has 3 aromatic rings. The number of hydrogen-bond acceptors (Lipinski definition) is 4. The monoisotopic (exact) mass is 359 g/mol. The average Bonchev–Trinajstić information content (AvgIpc) is 2.70. The van der Waals surface area contributed by atoms with Gasteiger partial charge in [0.05, 0.1) is 7.11 Å². The fourth-order valence-electron chi connectivity index (χ4n) is 2.53. The number of hydrogen-bond donors (Lipinski definition) is 1. The fourth-order valence-corrected chi connectivity index (χ4v) is 2.53. The summed E-state index contributed by atoms with van der Waals surface area (Å²) >= 11 is 0. The van der Waals surface area contributed by atoms with Gasteiger partial charge in [-0.15, -0.1) is 0 Å². The van der Waals surface area contributed by atoms with E-state index in [9.17, 15) is 4.79 Å². The van der Waals surface area contributed by atoms with E-state index in [0.717, 1.165) is 28.6 Å². The van der Waals surface area contributed by atoms with Crippen molar-refractivity contribution in [1.29, 1.82) is 0 Å². The lowest BCUT2D eigenvalue weighted by Gasteiger charge is -2.09. The van der Waals surface area contributed by atoms with Crippen molar-refractivity contribution in [3.8, 4) is 17.2 Å². The molecule has 0 atom stereocenters. The average molecular weight is 359 g/mol. The number of nitrogens with one attached hydrogen (secondary N) is 1. The highest BCUT2D eigenvalue weighted by Crippen LogP contribution is 2.25. The molecule has 3 aromatic carbocycles. The minimum Gasteiger partial charge on any atom is -0.497 e. The Balaban J connectivity index is 1.61. The maximum atomic E-state index is 12.2. The molecule has 0 radical (unpaired) electrons. The van der Waals surface area contributed by atoms with Crippen molar-refractivity contribution < 1.29 is 14.3 Å². The van der Waals surface area contributed by atoms with Crippen LogP contribution < -0.4 is 14.8 Å². The molecule has 4 heteroatoms. The molecule has 136 valence electrons. The van der Waals surface area contributed by atoms with Crippen LogP contribution in [0.2, 0.25) is 0 Å². The Morgan fingerprint density at radius 3 is 1.96 bits per heavy atom. The summed E-state index contributed by atoms with van der Waals surface area (Å²) in [6, 6.07) is 24.2. The Labute approximate surface area is 159 Å². The number of ketones is 1. The fraction of sp³-hybridized carbons (Fsp3) is 0.0870. The van der Waals surface area contributed by atoms with Crippen molar-refractivity contribution in [2.75, 3.05) is 12.4 Å². The van der Waals surface area contributed by atoms with Gasteiger partial charge in [-0.25, -0.2) is 0 Å². The number of allylic oxidation sites excluding steroid dienone is 2. The van der Waals surface area contributed by atoms with E-state index in [1.807, 2.05) is 73.7 Å². The van der Waals surface area contributed by atoms with Crippen LogP contribution in [0.25, 0.3) is 0 Å². The van der Waals surface area contributed by atoms with Gasteiger partial charge in [-0.3, -0.25) is 4.79 Å². The predicted octanol–water partition coefficient (Wildman–Crippen LogP) is 5.69. The first-order valence-corrected chi connectivity index (χ1v) is 8.61. The van der Waals surface area contributed by atoms with Crippen LogP contribution in [-0.4, -0.2) is 12.9 Å². The summed E-state index contributed by atoms with van der Waals surface area (Å²) in [5.41, 5.74) is 2.32. The lowest BCUT2D eigenvalue weighted by atomic mass is 10.1. The summed E-state index contributed by atoms with van der Waals surface area (Å²) in [5, 5.41) is 3.22. The molecule has 0 spiro atoms. The van der Waals surface area contributed by atoms with E-state index in [-0.39, 0.29) is 5.78 Å². The molecule has 0 unspecified atom stereocenters. The zero-order valence-corrected chi connectivity index (χ0v) is 15.3. The third-order valence-electron chi connectivity index (χ3n) is 3.90. The van der Waals surface area contributed by atoms with E-state index >= 15 is 0 Å². The third-order valence-corrected chi connectivity index (χ3v) is 3.90. The number of anilines is 1. The van der Waals surface area contributed by atoms with Crippen LogP contribution in [0.4, 0.5) is 5.69 Å². The van der Waals surface area contributed by atoms with Crippen molar-refractivity contribution in [3.63, 3.8) is 0 Å². The lowest BCUT2D eigenvalue weighted by Crippen LogP contribution is -2.01. The first-order valence-electron chi connectivity index (χ1n) is 8.61. The number of rotatable bonds is 7. The van der Waals surface area contributed by atoms with Crippen molar-refractivity contribution in [2.45, 2.75) is 6.92 Å². The number of carbonyl (C=O) groups is 1. The molecule has 1 N–H and O–H groups in total. The molecule has 0 amide bonds. The lowest BCUT2D eigenvalue weighted by molar-refractivity contribution is 0.104. The van der Waals surface area contributed by atoms with Gasteiger partial charge >= 0.3 is 0 Å². The van der Waals surface area contributed by atoms with Crippen LogP contribution in [0.5, 0.6) is 17.2 Å². The molecule has 0 heterocycles. The summed E-state index contributed by atoms with van der Waals surface area (Å²) in [4.78, 5) is 12.2. The first kappa shape index (κ1) is 18.3. The number of carbonyl (C=O) groups excluding carboxylic acids is 1. The van der Waals surface area contributed by atoms with Gasteiger partial charge in [0.1, 0.15) is 17.2 Å². The summed E-state index contributed by atoms with van der Waals surface area (Å²) in [6.07, 6.45) is 1.59. The molecule has 0 aromatic heterocycles. The highest BCUT2D eigenvalue weighted by atomic mass is 16.5. The van der Waals surface area contributed by atoms with E-state index in [4.69, 9.17) is 9.47 Å². The second kappa shape index (κ2) is 8.72. The Kier molecular flexibility index (Phi) is 5.90. The summed E-state index contributed by atoms with van der Waals surface area (Å²) < 4.78 is 10.9. The predicted molar refractivity (Wildman–Crippen MR) is 108 cm³/mol. The van der Waals surface area contributed by atoms with E-state index in [0.29, 0.717) is 5.56 Å². The summed E-state index contributed by atoms with van der Waals surface area (Å²) in [6.45, 7) is 1.86. The molecular weight excluding hydrogens is 338 g/mol. The van der Waals surface area contributed by atoms with E-state index in [2.05, 4.69) is 5.32 Å². The van der Waals surface area contributed by atoms with Gasteiger partial charge in [0.25, 0.3) is 0 Å². The van der Waals surface area contributed by atoms with Crippen LogP contribution in [0.1, 0.15) is 17.3 Å². The van der Waals surface area contributed by atoms with Crippen molar-refractivity contribution in [3.05, 3.63) is 96.2 Å². The topological polar surface area (TPSA) is 47.6 Å². The molecule has 0 aliphatic carbocycles. The number of methoxy groups -OCH3 is 1. The summed E-state index contributed by atoms with van der Waals surface area (Å²) in [7, 11) is 1.63. The van der Waals surface area contributed by atoms with Gasteiger partial charge in [-0.1, -0.05) is 30.3 Å². The maximum absolute atomic E-state index is 12.2. The van der Waals surface area contributed by atoms with Gasteiger partial charge < -0.3 is 14.8 Å². The van der Waals surface area contributed by atoms with Crippen molar-refractivity contribution >= 4 is 11.5 Å². The molecule has 27 heavy (non-hydrogen) atoms. The van der Waals surface area contributed by atoms with Crippen LogP contribution in [0.15, 0.2) is 90.6 Å². The molecule has 0 aliphatic heterocycles. The van der Waals surface area contributed by atoms with Gasteiger partial charge in [0, 0.05) is 23.0 Å². The van der Waals surface area contributed by atoms with Crippen LogP contribution in [0.3, 0.4) is 0 Å². The Bertz CT molecular complexity index is 914. The van der Waals surface area contributed by atoms with Gasteiger partial charge in [-0.05, 0) is 55.5 Å². The Morgan fingerprint density at radius 1 is 0.815 bits per heavy atom. The van der Waals surface area contributed by atoms with Crippen LogP contribution >= 0.6 is 0 Å². The standard InChI is InChI=1S/C23H21NO3/c1-17(16-23(25)18-6-4-3-5-7-18)24-19-8-10-21(11-9-19)27-22-14-12-20(26-2)13-15-22/h3-16,24H,1-2H3/b17-16+. The second-order valence-electron chi connectivity index (χ2n) is 5.98. The quantitative estimate of drug-likeness (QED) is 0.435. The zero-order chi connectivity index (χ0) is 19.1. The highest BCUT2D eigenvalue weighted by molar-refractivity contribution is 6.05. The van der Waals surface area contributed by atoms with Crippen molar-refractivity contribution in [1.82, 2.24) is 0 Å². The summed E-state index contributed by atoms with van der Waals surface area (Å²) in [5.74, 6) is 2.23. The molecule has 0 aliphatic rings. The molecule has 0 bridgehead atoms. The molecule has 0 fully saturated rings. The van der Waals surface area contributed by atoms with E-state index in [1.54, 1.807) is 25.3 Å². The minimum absolute atomic E-state index is 0.0277. The Morgan fingerprint density at radius 2 is 1.37 bits per heavy atom. The normalized spacial score (nSPS) is 11.0. The van der Waals surface area contributed by atoms with Gasteiger partial charge in [0.15, 0.2) is 5.78 Å².